The van der Waals surface area contributed by atoms with Gasteiger partial charge in [0, 0.05) is 26.2 Å². The largest absolute Gasteiger partial charge is 0.377 e. The highest BCUT2D eigenvalue weighted by atomic mass is 16.5. The lowest BCUT2D eigenvalue weighted by molar-refractivity contribution is -0.143. The lowest BCUT2D eigenvalue weighted by Crippen LogP contribution is -2.49. The highest BCUT2D eigenvalue weighted by Crippen LogP contribution is 2.31. The van der Waals surface area contributed by atoms with Gasteiger partial charge in [-0.3, -0.25) is 4.79 Å². The van der Waals surface area contributed by atoms with Crippen molar-refractivity contribution in [1.82, 2.24) is 4.90 Å². The summed E-state index contributed by atoms with van der Waals surface area (Å²) < 4.78 is 5.62. The number of rotatable bonds is 6. The number of carbonyl (C=O) groups is 1. The summed E-state index contributed by atoms with van der Waals surface area (Å²) >= 11 is 0. The number of amides is 1. The van der Waals surface area contributed by atoms with Crippen LogP contribution in [0.5, 0.6) is 0 Å². The molecule has 1 amide bonds. The van der Waals surface area contributed by atoms with Crippen LogP contribution in [0.1, 0.15) is 52.9 Å². The fourth-order valence-corrected chi connectivity index (χ4v) is 3.10. The molecule has 1 saturated heterocycles. The Labute approximate surface area is 117 Å². The third kappa shape index (κ3) is 4.18. The maximum Gasteiger partial charge on any atom is 0.230 e. The normalized spacial score (nSPS) is 21.3. The van der Waals surface area contributed by atoms with Crippen LogP contribution in [-0.2, 0) is 9.53 Å². The van der Waals surface area contributed by atoms with Gasteiger partial charge in [0.1, 0.15) is 0 Å². The zero-order chi connectivity index (χ0) is 14.3. The van der Waals surface area contributed by atoms with Gasteiger partial charge in [0.2, 0.25) is 5.91 Å². The molecule has 1 aliphatic rings. The first-order valence-electron chi connectivity index (χ1n) is 7.70. The van der Waals surface area contributed by atoms with Crippen LogP contribution in [0.3, 0.4) is 0 Å². The Hall–Kier alpha value is -0.610. The standard InChI is InChI=1S/C15H30N2O2/c1-4-7-15(12-16,8-5-2)14(18)17-9-6-10-19-13(3)11-17/h13H,4-12,16H2,1-3H3. The van der Waals surface area contributed by atoms with Crippen molar-refractivity contribution in [1.29, 1.82) is 0 Å². The van der Waals surface area contributed by atoms with Crippen molar-refractivity contribution in [3.8, 4) is 0 Å². The summed E-state index contributed by atoms with van der Waals surface area (Å²) in [4.78, 5) is 14.9. The van der Waals surface area contributed by atoms with E-state index in [4.69, 9.17) is 10.5 Å². The molecule has 0 saturated carbocycles. The topological polar surface area (TPSA) is 55.6 Å². The van der Waals surface area contributed by atoms with Gasteiger partial charge in [0.15, 0.2) is 0 Å². The molecule has 4 heteroatoms. The first kappa shape index (κ1) is 16.4. The second-order valence-electron chi connectivity index (χ2n) is 5.77. The van der Waals surface area contributed by atoms with Gasteiger partial charge in [-0.15, -0.1) is 0 Å². The van der Waals surface area contributed by atoms with Crippen molar-refractivity contribution in [3.05, 3.63) is 0 Å². The molecule has 1 unspecified atom stereocenters. The average Bonchev–Trinajstić information content (AvgIpc) is 2.62. The fraction of sp³-hybridized carbons (Fsp3) is 0.933. The van der Waals surface area contributed by atoms with Gasteiger partial charge >= 0.3 is 0 Å². The minimum Gasteiger partial charge on any atom is -0.377 e. The van der Waals surface area contributed by atoms with Crippen LogP contribution in [0.2, 0.25) is 0 Å². The van der Waals surface area contributed by atoms with E-state index in [1.165, 1.54) is 0 Å². The zero-order valence-electron chi connectivity index (χ0n) is 12.8. The van der Waals surface area contributed by atoms with Crippen LogP contribution in [0.15, 0.2) is 0 Å². The molecule has 1 rings (SSSR count). The van der Waals surface area contributed by atoms with E-state index in [2.05, 4.69) is 13.8 Å². The van der Waals surface area contributed by atoms with Crippen molar-refractivity contribution in [3.63, 3.8) is 0 Å². The number of nitrogens with zero attached hydrogens (tertiary/aromatic N) is 1. The molecule has 0 aliphatic carbocycles. The van der Waals surface area contributed by atoms with Crippen molar-refractivity contribution in [2.45, 2.75) is 59.0 Å². The maximum atomic E-state index is 12.9. The molecule has 4 nitrogen and oxygen atoms in total. The Balaban J connectivity index is 2.84. The summed E-state index contributed by atoms with van der Waals surface area (Å²) in [5.74, 6) is 0.246. The molecule has 0 bridgehead atoms. The van der Waals surface area contributed by atoms with Crippen LogP contribution >= 0.6 is 0 Å². The molecule has 0 aromatic heterocycles. The van der Waals surface area contributed by atoms with Crippen molar-refractivity contribution < 1.29 is 9.53 Å². The summed E-state index contributed by atoms with van der Waals surface area (Å²) in [6, 6.07) is 0. The van der Waals surface area contributed by atoms with E-state index in [9.17, 15) is 4.79 Å². The monoisotopic (exact) mass is 270 g/mol. The molecule has 1 aliphatic heterocycles. The molecule has 0 aromatic rings. The number of hydrogen-bond acceptors (Lipinski definition) is 3. The molecule has 0 radical (unpaired) electrons. The second kappa shape index (κ2) is 7.85. The molecule has 1 atom stereocenters. The van der Waals surface area contributed by atoms with Crippen LogP contribution in [-0.4, -0.2) is 43.2 Å². The molecule has 1 fully saturated rings. The van der Waals surface area contributed by atoms with Gasteiger partial charge in [-0.1, -0.05) is 26.7 Å². The van der Waals surface area contributed by atoms with Gasteiger partial charge in [-0.05, 0) is 26.2 Å². The average molecular weight is 270 g/mol. The lowest BCUT2D eigenvalue weighted by Gasteiger charge is -2.36. The predicted octanol–water partition coefficient (Wildman–Crippen LogP) is 2.17. The Morgan fingerprint density at radius 1 is 1.37 bits per heavy atom. The van der Waals surface area contributed by atoms with E-state index < -0.39 is 0 Å². The molecular weight excluding hydrogens is 240 g/mol. The third-order valence-electron chi connectivity index (χ3n) is 4.04. The van der Waals surface area contributed by atoms with Gasteiger partial charge in [-0.25, -0.2) is 0 Å². The predicted molar refractivity (Wildman–Crippen MR) is 77.9 cm³/mol. The minimum absolute atomic E-state index is 0.130. The smallest absolute Gasteiger partial charge is 0.230 e. The van der Waals surface area contributed by atoms with Gasteiger partial charge in [0.25, 0.3) is 0 Å². The molecule has 0 spiro atoms. The van der Waals surface area contributed by atoms with Gasteiger partial charge in [-0.2, -0.15) is 0 Å². The number of nitrogens with two attached hydrogens (primary N) is 1. The molecule has 2 N–H and O–H groups in total. The van der Waals surface area contributed by atoms with E-state index in [-0.39, 0.29) is 17.4 Å². The zero-order valence-corrected chi connectivity index (χ0v) is 12.8. The molecule has 112 valence electrons. The molecular formula is C15H30N2O2. The number of carbonyl (C=O) groups excluding carboxylic acids is 1. The molecule has 19 heavy (non-hydrogen) atoms. The van der Waals surface area contributed by atoms with Crippen LogP contribution in [0.4, 0.5) is 0 Å². The third-order valence-corrected chi connectivity index (χ3v) is 4.04. The van der Waals surface area contributed by atoms with E-state index in [0.29, 0.717) is 13.1 Å². The Bertz CT molecular complexity index is 275. The maximum absolute atomic E-state index is 12.9. The molecule has 0 aromatic carbocycles. The van der Waals surface area contributed by atoms with Gasteiger partial charge < -0.3 is 15.4 Å². The van der Waals surface area contributed by atoms with Crippen LogP contribution in [0, 0.1) is 5.41 Å². The summed E-state index contributed by atoms with van der Waals surface area (Å²) in [6.07, 6.45) is 4.84. The highest BCUT2D eigenvalue weighted by Gasteiger charge is 2.39. The van der Waals surface area contributed by atoms with Crippen molar-refractivity contribution >= 4 is 5.91 Å². The summed E-state index contributed by atoms with van der Waals surface area (Å²) in [6.45, 7) is 9.01. The van der Waals surface area contributed by atoms with E-state index >= 15 is 0 Å². The van der Waals surface area contributed by atoms with E-state index in [1.54, 1.807) is 0 Å². The van der Waals surface area contributed by atoms with Crippen LogP contribution in [0.25, 0.3) is 0 Å². The quantitative estimate of drug-likeness (QED) is 0.805. The Morgan fingerprint density at radius 3 is 2.53 bits per heavy atom. The minimum atomic E-state index is -0.354. The lowest BCUT2D eigenvalue weighted by atomic mass is 9.77. The number of ether oxygens (including phenoxy) is 1. The van der Waals surface area contributed by atoms with Gasteiger partial charge in [0.05, 0.1) is 11.5 Å². The Morgan fingerprint density at radius 2 is 2.00 bits per heavy atom. The fourth-order valence-electron chi connectivity index (χ4n) is 3.10. The first-order valence-corrected chi connectivity index (χ1v) is 7.70. The van der Waals surface area contributed by atoms with E-state index in [1.807, 2.05) is 11.8 Å². The second-order valence-corrected chi connectivity index (χ2v) is 5.77. The SMILES string of the molecule is CCCC(CN)(CCC)C(=O)N1CCCOC(C)C1. The van der Waals surface area contributed by atoms with Crippen molar-refractivity contribution in [2.24, 2.45) is 11.1 Å². The first-order chi connectivity index (χ1) is 9.09. The summed E-state index contributed by atoms with van der Waals surface area (Å²) in [5.41, 5.74) is 5.63. The molecule has 1 heterocycles. The van der Waals surface area contributed by atoms with Crippen molar-refractivity contribution in [2.75, 3.05) is 26.2 Å². The highest BCUT2D eigenvalue weighted by molar-refractivity contribution is 5.83. The Kier molecular flexibility index (Phi) is 6.80. The summed E-state index contributed by atoms with van der Waals surface area (Å²) in [5, 5.41) is 0. The number of hydrogen-bond donors (Lipinski definition) is 1. The van der Waals surface area contributed by atoms with Crippen LogP contribution < -0.4 is 5.73 Å². The van der Waals surface area contributed by atoms with E-state index in [0.717, 1.165) is 45.3 Å². The summed E-state index contributed by atoms with van der Waals surface area (Å²) in [7, 11) is 0.